The quantitative estimate of drug-likeness (QED) is 0.662. The zero-order valence-corrected chi connectivity index (χ0v) is 14.4. The van der Waals surface area contributed by atoms with Crippen LogP contribution in [0.15, 0.2) is 47.4 Å². The number of carbonyl (C=O) groups is 2. The van der Waals surface area contributed by atoms with Crippen molar-refractivity contribution >= 4 is 39.0 Å². The molecule has 0 saturated carbocycles. The average molecular weight is 368 g/mol. The number of sulfone groups is 1. The van der Waals surface area contributed by atoms with E-state index in [1.165, 1.54) is 37.3 Å². The van der Waals surface area contributed by atoms with Gasteiger partial charge in [0.2, 0.25) is 5.91 Å². The molecule has 0 radical (unpaired) electrons. The van der Waals surface area contributed by atoms with Gasteiger partial charge in [-0.25, -0.2) is 13.2 Å². The highest BCUT2D eigenvalue weighted by Gasteiger charge is 2.17. The van der Waals surface area contributed by atoms with Crippen molar-refractivity contribution in [3.63, 3.8) is 0 Å². The van der Waals surface area contributed by atoms with Crippen LogP contribution in [0.1, 0.15) is 17.3 Å². The van der Waals surface area contributed by atoms with Gasteiger partial charge in [-0.15, -0.1) is 0 Å². The average Bonchev–Trinajstić information content (AvgIpc) is 2.48. The molecule has 1 amide bonds. The highest BCUT2D eigenvalue weighted by Crippen LogP contribution is 2.24. The molecule has 0 fully saturated rings. The Kier molecular flexibility index (Phi) is 5.26. The minimum Gasteiger partial charge on any atom is -0.423 e. The normalized spacial score (nSPS) is 11.0. The number of esters is 1. The first-order valence-corrected chi connectivity index (χ1v) is 9.03. The molecule has 0 aliphatic rings. The number of carbonyl (C=O) groups excluding carboxylic acids is 2. The summed E-state index contributed by atoms with van der Waals surface area (Å²) in [5.74, 6) is -0.678. The minimum absolute atomic E-state index is 0.0358. The first kappa shape index (κ1) is 18.0. The minimum atomic E-state index is -3.56. The summed E-state index contributed by atoms with van der Waals surface area (Å²) >= 11 is 5.84. The summed E-state index contributed by atoms with van der Waals surface area (Å²) in [6.07, 6.45) is 1.00. The van der Waals surface area contributed by atoms with Crippen LogP contribution >= 0.6 is 11.6 Å². The van der Waals surface area contributed by atoms with Crippen LogP contribution < -0.4 is 10.1 Å². The summed E-state index contributed by atoms with van der Waals surface area (Å²) in [6, 6.07) is 10.1. The molecule has 2 aromatic carbocycles. The van der Waals surface area contributed by atoms with Gasteiger partial charge in [0, 0.05) is 18.9 Å². The molecule has 2 rings (SSSR count). The predicted molar refractivity (Wildman–Crippen MR) is 90.3 cm³/mol. The molecule has 0 aliphatic heterocycles. The van der Waals surface area contributed by atoms with Gasteiger partial charge in [-0.2, -0.15) is 0 Å². The number of amides is 1. The number of hydrogen-bond donors (Lipinski definition) is 1. The van der Waals surface area contributed by atoms with Crippen LogP contribution in [0, 0.1) is 0 Å². The van der Waals surface area contributed by atoms with Crippen molar-refractivity contribution in [1.29, 1.82) is 0 Å². The molecule has 8 heteroatoms. The van der Waals surface area contributed by atoms with Crippen LogP contribution in [0.5, 0.6) is 5.75 Å². The van der Waals surface area contributed by atoms with Crippen molar-refractivity contribution in [1.82, 2.24) is 0 Å². The Balaban J connectivity index is 2.20. The number of anilines is 1. The van der Waals surface area contributed by atoms with Crippen molar-refractivity contribution in [3.05, 3.63) is 53.1 Å². The second-order valence-corrected chi connectivity index (χ2v) is 7.40. The molecular weight excluding hydrogens is 354 g/mol. The zero-order chi connectivity index (χ0) is 17.9. The zero-order valence-electron chi connectivity index (χ0n) is 12.9. The Bertz CT molecular complexity index is 891. The molecule has 0 heterocycles. The first-order chi connectivity index (χ1) is 11.2. The monoisotopic (exact) mass is 367 g/mol. The highest BCUT2D eigenvalue weighted by atomic mass is 35.5. The standard InChI is InChI=1S/C16H14ClNO5S/c1-10(19)18-12-4-6-13(7-5-12)23-16(20)11-3-8-14(17)15(9-11)24(2,21)22/h3-9H,1-2H3,(H,18,19). The van der Waals surface area contributed by atoms with Gasteiger partial charge in [0.1, 0.15) is 5.75 Å². The number of halogens is 1. The van der Waals surface area contributed by atoms with Crippen molar-refractivity contribution in [2.45, 2.75) is 11.8 Å². The highest BCUT2D eigenvalue weighted by molar-refractivity contribution is 7.90. The molecule has 1 N–H and O–H groups in total. The third-order valence-electron chi connectivity index (χ3n) is 2.95. The maximum Gasteiger partial charge on any atom is 0.343 e. The second kappa shape index (κ2) is 7.02. The maximum atomic E-state index is 12.1. The maximum absolute atomic E-state index is 12.1. The first-order valence-electron chi connectivity index (χ1n) is 6.76. The van der Waals surface area contributed by atoms with Crippen molar-refractivity contribution in [2.24, 2.45) is 0 Å². The van der Waals surface area contributed by atoms with Crippen molar-refractivity contribution in [3.8, 4) is 5.75 Å². The number of benzene rings is 2. The van der Waals surface area contributed by atoms with E-state index in [1.54, 1.807) is 12.1 Å². The van der Waals surface area contributed by atoms with Gasteiger partial charge in [0.15, 0.2) is 9.84 Å². The van der Waals surface area contributed by atoms with Gasteiger partial charge in [0.25, 0.3) is 0 Å². The number of hydrogen-bond acceptors (Lipinski definition) is 5. The van der Waals surface area contributed by atoms with E-state index in [2.05, 4.69) is 5.32 Å². The topological polar surface area (TPSA) is 89.5 Å². The van der Waals surface area contributed by atoms with Gasteiger partial charge in [-0.3, -0.25) is 4.79 Å². The van der Waals surface area contributed by atoms with Crippen LogP contribution in [0.2, 0.25) is 5.02 Å². The third-order valence-corrected chi connectivity index (χ3v) is 4.53. The van der Waals surface area contributed by atoms with Crippen molar-refractivity contribution < 1.29 is 22.7 Å². The molecule has 126 valence electrons. The molecule has 0 bridgehead atoms. The van der Waals surface area contributed by atoms with E-state index in [-0.39, 0.29) is 27.1 Å². The second-order valence-electron chi connectivity index (χ2n) is 5.01. The molecule has 6 nitrogen and oxygen atoms in total. The lowest BCUT2D eigenvalue weighted by Gasteiger charge is -2.08. The van der Waals surface area contributed by atoms with E-state index in [0.717, 1.165) is 6.26 Å². The van der Waals surface area contributed by atoms with E-state index in [1.807, 2.05) is 0 Å². The van der Waals surface area contributed by atoms with Gasteiger partial charge < -0.3 is 10.1 Å². The van der Waals surface area contributed by atoms with Gasteiger partial charge in [-0.05, 0) is 42.5 Å². The predicted octanol–water partition coefficient (Wildman–Crippen LogP) is 2.92. The molecule has 0 spiro atoms. The van der Waals surface area contributed by atoms with E-state index in [4.69, 9.17) is 16.3 Å². The van der Waals surface area contributed by atoms with E-state index < -0.39 is 15.8 Å². The summed E-state index contributed by atoms with van der Waals surface area (Å²) in [5, 5.41) is 2.62. The van der Waals surface area contributed by atoms with Crippen LogP contribution in [-0.2, 0) is 14.6 Å². The molecule has 0 saturated heterocycles. The fourth-order valence-electron chi connectivity index (χ4n) is 1.89. The third kappa shape index (κ3) is 4.56. The number of ether oxygens (including phenoxy) is 1. The fourth-order valence-corrected chi connectivity index (χ4v) is 3.19. The van der Waals surface area contributed by atoms with Crippen LogP contribution in [0.4, 0.5) is 5.69 Å². The van der Waals surface area contributed by atoms with Crippen LogP contribution in [0.3, 0.4) is 0 Å². The summed E-state index contributed by atoms with van der Waals surface area (Å²) in [4.78, 5) is 22.9. The van der Waals surface area contributed by atoms with E-state index >= 15 is 0 Å². The lowest BCUT2D eigenvalue weighted by Crippen LogP contribution is -2.10. The largest absolute Gasteiger partial charge is 0.423 e. The fraction of sp³-hybridized carbons (Fsp3) is 0.125. The number of rotatable bonds is 4. The van der Waals surface area contributed by atoms with Crippen LogP contribution in [0.25, 0.3) is 0 Å². The summed E-state index contributed by atoms with van der Waals surface area (Å²) in [7, 11) is -3.56. The van der Waals surface area contributed by atoms with Gasteiger partial charge in [-0.1, -0.05) is 11.6 Å². The molecule has 24 heavy (non-hydrogen) atoms. The lowest BCUT2D eigenvalue weighted by molar-refractivity contribution is -0.114. The lowest BCUT2D eigenvalue weighted by atomic mass is 10.2. The Morgan fingerprint density at radius 3 is 2.25 bits per heavy atom. The molecule has 0 aliphatic carbocycles. The molecule has 2 aromatic rings. The molecule has 0 aromatic heterocycles. The van der Waals surface area contributed by atoms with Gasteiger partial charge in [0.05, 0.1) is 15.5 Å². The smallest absolute Gasteiger partial charge is 0.343 e. The van der Waals surface area contributed by atoms with E-state index in [9.17, 15) is 18.0 Å². The molecule has 0 unspecified atom stereocenters. The van der Waals surface area contributed by atoms with Crippen LogP contribution in [-0.4, -0.2) is 26.6 Å². The number of nitrogens with one attached hydrogen (secondary N) is 1. The SMILES string of the molecule is CC(=O)Nc1ccc(OC(=O)c2ccc(Cl)c(S(C)(=O)=O)c2)cc1. The van der Waals surface area contributed by atoms with Gasteiger partial charge >= 0.3 is 5.97 Å². The van der Waals surface area contributed by atoms with E-state index in [0.29, 0.717) is 5.69 Å². The Labute approximate surface area is 144 Å². The summed E-state index contributed by atoms with van der Waals surface area (Å²) in [6.45, 7) is 1.38. The Hall–Kier alpha value is -2.38. The van der Waals surface area contributed by atoms with Crippen molar-refractivity contribution in [2.75, 3.05) is 11.6 Å². The summed E-state index contributed by atoms with van der Waals surface area (Å²) in [5.41, 5.74) is 0.624. The summed E-state index contributed by atoms with van der Waals surface area (Å²) < 4.78 is 28.5. The molecule has 0 atom stereocenters. The Morgan fingerprint density at radius 2 is 1.71 bits per heavy atom. The Morgan fingerprint density at radius 1 is 1.08 bits per heavy atom. The molecular formula is C16H14ClNO5S.